The molecule has 1 aliphatic carbocycles. The standard InChI is InChI=1S/C20H23F3N8S/c1-13-8-10-29(11-9-13)18-25-26-19(30(18)15-6-7-15)32-12-17-24-27-28-31(17)16-4-2-14(3-5-16)20(21,22)23/h2-5,13,15H,6-12H2,1H3. The molecule has 0 bridgehead atoms. The van der Waals surface area contributed by atoms with E-state index in [1.165, 1.54) is 28.6 Å². The number of rotatable bonds is 6. The highest BCUT2D eigenvalue weighted by Crippen LogP contribution is 2.42. The maximum Gasteiger partial charge on any atom is 0.416 e. The summed E-state index contributed by atoms with van der Waals surface area (Å²) in [6.45, 7) is 4.26. The lowest BCUT2D eigenvalue weighted by atomic mass is 10.00. The van der Waals surface area contributed by atoms with Crippen molar-refractivity contribution in [2.75, 3.05) is 18.0 Å². The second-order valence-electron chi connectivity index (χ2n) is 8.39. The summed E-state index contributed by atoms with van der Waals surface area (Å²) >= 11 is 1.49. The molecule has 8 nitrogen and oxygen atoms in total. The molecular weight excluding hydrogens is 441 g/mol. The number of nitrogens with zero attached hydrogens (tertiary/aromatic N) is 8. The van der Waals surface area contributed by atoms with Gasteiger partial charge in [0.05, 0.1) is 17.0 Å². The topological polar surface area (TPSA) is 77.6 Å². The molecule has 2 aliphatic rings. The molecule has 12 heteroatoms. The number of tetrazole rings is 1. The predicted octanol–water partition coefficient (Wildman–Crippen LogP) is 4.14. The molecule has 32 heavy (non-hydrogen) atoms. The number of thioether (sulfide) groups is 1. The van der Waals surface area contributed by atoms with Crippen molar-refractivity contribution in [1.29, 1.82) is 0 Å². The van der Waals surface area contributed by atoms with Gasteiger partial charge in [0, 0.05) is 19.1 Å². The van der Waals surface area contributed by atoms with Gasteiger partial charge in [-0.05, 0) is 66.3 Å². The Bertz CT molecular complexity index is 1070. The summed E-state index contributed by atoms with van der Waals surface area (Å²) < 4.78 is 42.2. The number of benzene rings is 1. The summed E-state index contributed by atoms with van der Waals surface area (Å²) in [6.07, 6.45) is 0.164. The van der Waals surface area contributed by atoms with Crippen LogP contribution in [0.1, 0.15) is 50.0 Å². The van der Waals surface area contributed by atoms with E-state index < -0.39 is 11.7 Å². The van der Waals surface area contributed by atoms with Crippen LogP contribution in [-0.2, 0) is 11.9 Å². The minimum atomic E-state index is -4.38. The van der Waals surface area contributed by atoms with Gasteiger partial charge in [0.15, 0.2) is 11.0 Å². The SMILES string of the molecule is CC1CCN(c2nnc(SCc3nnnn3-c3ccc(C(F)(F)F)cc3)n2C2CC2)CC1. The molecular formula is C20H23F3N8S. The van der Waals surface area contributed by atoms with E-state index in [2.05, 4.69) is 42.1 Å². The van der Waals surface area contributed by atoms with E-state index in [-0.39, 0.29) is 0 Å². The Hall–Kier alpha value is -2.63. The fraction of sp³-hybridized carbons (Fsp3) is 0.550. The maximum absolute atomic E-state index is 12.8. The molecule has 5 rings (SSSR count). The Labute approximate surface area is 187 Å². The summed E-state index contributed by atoms with van der Waals surface area (Å²) in [5.74, 6) is 2.63. The maximum atomic E-state index is 12.8. The van der Waals surface area contributed by atoms with Crippen molar-refractivity contribution < 1.29 is 13.2 Å². The van der Waals surface area contributed by atoms with Crippen LogP contribution in [0.3, 0.4) is 0 Å². The number of anilines is 1. The zero-order valence-corrected chi connectivity index (χ0v) is 18.4. The van der Waals surface area contributed by atoms with Crippen molar-refractivity contribution >= 4 is 17.7 Å². The van der Waals surface area contributed by atoms with Crippen LogP contribution in [-0.4, -0.2) is 48.1 Å². The van der Waals surface area contributed by atoms with Gasteiger partial charge in [-0.15, -0.1) is 15.3 Å². The Morgan fingerprint density at radius 3 is 2.38 bits per heavy atom. The summed E-state index contributed by atoms with van der Waals surface area (Å²) in [5.41, 5.74) is -0.229. The van der Waals surface area contributed by atoms with Gasteiger partial charge in [0.1, 0.15) is 0 Å². The Morgan fingerprint density at radius 2 is 1.72 bits per heavy atom. The summed E-state index contributed by atoms with van der Waals surface area (Å²) in [6, 6.07) is 5.23. The van der Waals surface area contributed by atoms with Gasteiger partial charge in [0.25, 0.3) is 0 Å². The van der Waals surface area contributed by atoms with E-state index in [4.69, 9.17) is 0 Å². The molecule has 0 spiro atoms. The first-order valence-corrected chi connectivity index (χ1v) is 11.7. The Kier molecular flexibility index (Phi) is 5.56. The van der Waals surface area contributed by atoms with Gasteiger partial charge in [0.2, 0.25) is 5.95 Å². The lowest BCUT2D eigenvalue weighted by molar-refractivity contribution is -0.137. The first-order chi connectivity index (χ1) is 15.4. The van der Waals surface area contributed by atoms with E-state index in [1.54, 1.807) is 0 Å². The zero-order valence-electron chi connectivity index (χ0n) is 17.5. The Balaban J connectivity index is 1.33. The van der Waals surface area contributed by atoms with Gasteiger partial charge in [-0.25, -0.2) is 0 Å². The monoisotopic (exact) mass is 464 g/mol. The molecule has 3 heterocycles. The third-order valence-corrected chi connectivity index (χ3v) is 6.87. The van der Waals surface area contributed by atoms with Gasteiger partial charge < -0.3 is 4.90 Å². The van der Waals surface area contributed by atoms with Crippen molar-refractivity contribution in [2.45, 2.75) is 55.7 Å². The first-order valence-electron chi connectivity index (χ1n) is 10.7. The average molecular weight is 465 g/mol. The minimum Gasteiger partial charge on any atom is -0.341 e. The molecule has 2 aromatic heterocycles. The van der Waals surface area contributed by atoms with Gasteiger partial charge in [-0.1, -0.05) is 18.7 Å². The van der Waals surface area contributed by atoms with Crippen LogP contribution in [0, 0.1) is 5.92 Å². The van der Waals surface area contributed by atoms with Crippen molar-refractivity contribution in [2.24, 2.45) is 5.92 Å². The minimum absolute atomic E-state index is 0.424. The third-order valence-electron chi connectivity index (χ3n) is 5.93. The van der Waals surface area contributed by atoms with E-state index in [9.17, 15) is 13.2 Å². The molecule has 2 fully saturated rings. The van der Waals surface area contributed by atoms with Crippen molar-refractivity contribution in [3.63, 3.8) is 0 Å². The van der Waals surface area contributed by atoms with Crippen molar-refractivity contribution in [3.8, 4) is 5.69 Å². The second kappa shape index (κ2) is 8.38. The van der Waals surface area contributed by atoms with Crippen LogP contribution in [0.4, 0.5) is 19.1 Å². The molecule has 1 saturated carbocycles. The average Bonchev–Trinajstić information content (AvgIpc) is 3.35. The summed E-state index contributed by atoms with van der Waals surface area (Å²) in [7, 11) is 0. The fourth-order valence-electron chi connectivity index (χ4n) is 3.86. The molecule has 170 valence electrons. The molecule has 1 aliphatic heterocycles. The fourth-order valence-corrected chi connectivity index (χ4v) is 4.77. The van der Waals surface area contributed by atoms with Crippen molar-refractivity contribution in [1.82, 2.24) is 35.0 Å². The van der Waals surface area contributed by atoms with E-state index >= 15 is 0 Å². The number of piperidine rings is 1. The van der Waals surface area contributed by atoms with Crippen LogP contribution in [0.5, 0.6) is 0 Å². The molecule has 1 aromatic carbocycles. The molecule has 0 atom stereocenters. The van der Waals surface area contributed by atoms with Crippen LogP contribution in [0.25, 0.3) is 5.69 Å². The summed E-state index contributed by atoms with van der Waals surface area (Å²) in [5, 5.41) is 21.5. The smallest absolute Gasteiger partial charge is 0.341 e. The van der Waals surface area contributed by atoms with Crippen molar-refractivity contribution in [3.05, 3.63) is 35.7 Å². The number of aromatic nitrogens is 7. The van der Waals surface area contributed by atoms with Gasteiger partial charge in [-0.2, -0.15) is 17.9 Å². The van der Waals surface area contributed by atoms with Crippen LogP contribution in [0.2, 0.25) is 0 Å². The van der Waals surface area contributed by atoms with Gasteiger partial charge in [-0.3, -0.25) is 4.57 Å². The molecule has 0 amide bonds. The van der Waals surface area contributed by atoms with E-state index in [0.29, 0.717) is 23.3 Å². The third kappa shape index (κ3) is 4.32. The highest BCUT2D eigenvalue weighted by atomic mass is 32.2. The molecule has 0 radical (unpaired) electrons. The predicted molar refractivity (Wildman–Crippen MR) is 113 cm³/mol. The van der Waals surface area contributed by atoms with Crippen LogP contribution >= 0.6 is 11.8 Å². The van der Waals surface area contributed by atoms with Crippen LogP contribution < -0.4 is 4.90 Å². The number of hydrogen-bond acceptors (Lipinski definition) is 7. The molecule has 0 N–H and O–H groups in total. The van der Waals surface area contributed by atoms with E-state index in [0.717, 1.165) is 67.9 Å². The number of halogens is 3. The first kappa shape index (κ1) is 21.2. The zero-order chi connectivity index (χ0) is 22.3. The second-order valence-corrected chi connectivity index (χ2v) is 9.34. The normalized spacial score (nSPS) is 17.8. The number of hydrogen-bond donors (Lipinski definition) is 0. The summed E-state index contributed by atoms with van der Waals surface area (Å²) in [4.78, 5) is 2.32. The highest BCUT2D eigenvalue weighted by Gasteiger charge is 2.33. The van der Waals surface area contributed by atoms with Crippen LogP contribution in [0.15, 0.2) is 29.4 Å². The molecule has 1 saturated heterocycles. The lowest BCUT2D eigenvalue weighted by Gasteiger charge is -2.31. The lowest BCUT2D eigenvalue weighted by Crippen LogP contribution is -2.34. The number of alkyl halides is 3. The molecule has 0 unspecified atom stereocenters. The van der Waals surface area contributed by atoms with E-state index in [1.807, 2.05) is 0 Å². The Morgan fingerprint density at radius 1 is 1.00 bits per heavy atom. The van der Waals surface area contributed by atoms with Gasteiger partial charge >= 0.3 is 6.18 Å². The highest BCUT2D eigenvalue weighted by molar-refractivity contribution is 7.98. The molecule has 3 aromatic rings. The largest absolute Gasteiger partial charge is 0.416 e. The quantitative estimate of drug-likeness (QED) is 0.508.